The Bertz CT molecular complexity index is 1090. The summed E-state index contributed by atoms with van der Waals surface area (Å²) in [4.78, 5) is 38.0. The number of carbonyl (C=O) groups is 1. The van der Waals surface area contributed by atoms with E-state index in [0.717, 1.165) is 11.3 Å². The van der Waals surface area contributed by atoms with Gasteiger partial charge in [-0.05, 0) is 35.4 Å². The number of anilines is 1. The zero-order chi connectivity index (χ0) is 19.6. The molecule has 1 amide bonds. The van der Waals surface area contributed by atoms with Gasteiger partial charge in [0, 0.05) is 12.2 Å². The van der Waals surface area contributed by atoms with Crippen LogP contribution in [0, 0.1) is 0 Å². The molecule has 0 unspecified atom stereocenters. The molecular weight excluding hydrogens is 362 g/mol. The van der Waals surface area contributed by atoms with E-state index in [1.165, 1.54) is 20.5 Å². The molecule has 0 aliphatic heterocycles. The number of benzene rings is 1. The van der Waals surface area contributed by atoms with E-state index < -0.39 is 5.69 Å². The van der Waals surface area contributed by atoms with E-state index in [9.17, 15) is 14.4 Å². The minimum atomic E-state index is -0.444. The molecule has 3 rings (SSSR count). The molecular formula is C20H23N3O3S. The third kappa shape index (κ3) is 3.73. The first-order valence-corrected chi connectivity index (χ1v) is 9.91. The lowest BCUT2D eigenvalue weighted by Gasteiger charge is -2.15. The summed E-state index contributed by atoms with van der Waals surface area (Å²) >= 11 is 1.29. The second-order valence-corrected chi connectivity index (χ2v) is 7.67. The van der Waals surface area contributed by atoms with Crippen LogP contribution < -0.4 is 16.6 Å². The van der Waals surface area contributed by atoms with Gasteiger partial charge in [0.05, 0.1) is 5.52 Å². The van der Waals surface area contributed by atoms with Gasteiger partial charge in [0.1, 0.15) is 11.2 Å². The van der Waals surface area contributed by atoms with Gasteiger partial charge < -0.3 is 5.32 Å². The maximum Gasteiger partial charge on any atom is 0.332 e. The van der Waals surface area contributed by atoms with Crippen molar-refractivity contribution in [3.63, 3.8) is 0 Å². The monoisotopic (exact) mass is 385 g/mol. The molecule has 142 valence electrons. The summed E-state index contributed by atoms with van der Waals surface area (Å²) in [5, 5.41) is 4.68. The number of hydrogen-bond donors (Lipinski definition) is 1. The lowest BCUT2D eigenvalue weighted by atomic mass is 10.0. The van der Waals surface area contributed by atoms with Crippen molar-refractivity contribution >= 4 is 33.1 Å². The minimum absolute atomic E-state index is 0.136. The van der Waals surface area contributed by atoms with Crippen LogP contribution in [0.1, 0.15) is 38.7 Å². The van der Waals surface area contributed by atoms with Crippen molar-refractivity contribution in [3.05, 3.63) is 62.1 Å². The Balaban J connectivity index is 1.98. The number of amides is 1. The van der Waals surface area contributed by atoms with E-state index in [2.05, 4.69) is 19.2 Å². The zero-order valence-electron chi connectivity index (χ0n) is 15.7. The van der Waals surface area contributed by atoms with Gasteiger partial charge in [0.15, 0.2) is 0 Å². The van der Waals surface area contributed by atoms with E-state index in [1.54, 1.807) is 11.4 Å². The Morgan fingerprint density at radius 3 is 2.59 bits per heavy atom. The number of rotatable bonds is 6. The van der Waals surface area contributed by atoms with Crippen LogP contribution in [-0.4, -0.2) is 15.0 Å². The number of aromatic nitrogens is 2. The van der Waals surface area contributed by atoms with Crippen molar-refractivity contribution in [3.8, 4) is 0 Å². The van der Waals surface area contributed by atoms with Gasteiger partial charge in [-0.3, -0.25) is 18.7 Å². The molecule has 0 saturated heterocycles. The van der Waals surface area contributed by atoms with Crippen LogP contribution in [-0.2, 0) is 17.9 Å². The summed E-state index contributed by atoms with van der Waals surface area (Å²) in [5.74, 6) is -0.0290. The normalized spacial score (nSPS) is 11.3. The molecule has 1 N–H and O–H groups in total. The number of carbonyl (C=O) groups excluding carboxylic acids is 1. The highest BCUT2D eigenvalue weighted by Crippen LogP contribution is 2.23. The molecule has 0 aliphatic carbocycles. The van der Waals surface area contributed by atoms with E-state index >= 15 is 0 Å². The summed E-state index contributed by atoms with van der Waals surface area (Å²) in [6.45, 7) is 6.23. The fourth-order valence-corrected chi connectivity index (χ4v) is 4.00. The molecule has 0 fully saturated rings. The summed E-state index contributed by atoms with van der Waals surface area (Å²) in [7, 11) is 0. The largest absolute Gasteiger partial charge is 0.332 e. The molecule has 0 spiro atoms. The van der Waals surface area contributed by atoms with Crippen LogP contribution in [0.3, 0.4) is 0 Å². The number of nitrogens with zero attached hydrogens (tertiary/aromatic N) is 2. The van der Waals surface area contributed by atoms with Gasteiger partial charge in [0.25, 0.3) is 5.56 Å². The number of para-hydroxylation sites is 1. The van der Waals surface area contributed by atoms with E-state index in [0.29, 0.717) is 23.2 Å². The molecule has 0 aliphatic rings. The van der Waals surface area contributed by atoms with Crippen LogP contribution in [0.25, 0.3) is 10.2 Å². The predicted octanol–water partition coefficient (Wildman–Crippen LogP) is 3.40. The predicted molar refractivity (Wildman–Crippen MR) is 110 cm³/mol. The number of thiophene rings is 1. The van der Waals surface area contributed by atoms with Crippen LogP contribution in [0.15, 0.2) is 45.3 Å². The third-order valence-corrected chi connectivity index (χ3v) is 5.33. The molecule has 0 atom stereocenters. The van der Waals surface area contributed by atoms with Crippen LogP contribution in [0.2, 0.25) is 0 Å². The van der Waals surface area contributed by atoms with Gasteiger partial charge >= 0.3 is 5.69 Å². The smallest absolute Gasteiger partial charge is 0.324 e. The lowest BCUT2D eigenvalue weighted by molar-refractivity contribution is -0.116. The van der Waals surface area contributed by atoms with E-state index in [-0.39, 0.29) is 23.9 Å². The molecule has 0 bridgehead atoms. The molecule has 1 aromatic carbocycles. The van der Waals surface area contributed by atoms with Crippen molar-refractivity contribution in [1.82, 2.24) is 9.13 Å². The second kappa shape index (κ2) is 7.92. The summed E-state index contributed by atoms with van der Waals surface area (Å²) in [6.07, 6.45) is 0.667. The van der Waals surface area contributed by atoms with Crippen LogP contribution in [0.5, 0.6) is 0 Å². The number of nitrogens with one attached hydrogen (secondary N) is 1. The maximum absolute atomic E-state index is 12.8. The molecule has 7 heteroatoms. The highest BCUT2D eigenvalue weighted by molar-refractivity contribution is 7.17. The van der Waals surface area contributed by atoms with E-state index in [4.69, 9.17) is 0 Å². The molecule has 27 heavy (non-hydrogen) atoms. The molecule has 2 aromatic heterocycles. The van der Waals surface area contributed by atoms with Gasteiger partial charge in [-0.2, -0.15) is 0 Å². The minimum Gasteiger partial charge on any atom is -0.324 e. The first-order valence-electron chi connectivity index (χ1n) is 9.03. The first kappa shape index (κ1) is 19.1. The van der Waals surface area contributed by atoms with Gasteiger partial charge in [-0.1, -0.05) is 39.0 Å². The molecule has 0 radical (unpaired) electrons. The SMILES string of the molecule is CCCn1c(=O)c2sccc2n(CC(=O)Nc2ccccc2C(C)C)c1=O. The Morgan fingerprint density at radius 2 is 1.89 bits per heavy atom. The standard InChI is InChI=1S/C20H23N3O3S/c1-4-10-22-19(25)18-16(9-11-27-18)23(20(22)26)12-17(24)21-15-8-6-5-7-14(15)13(2)3/h5-9,11,13H,4,10,12H2,1-3H3,(H,21,24). The fourth-order valence-electron chi connectivity index (χ4n) is 3.15. The van der Waals surface area contributed by atoms with Crippen molar-refractivity contribution < 1.29 is 4.79 Å². The van der Waals surface area contributed by atoms with E-state index in [1.807, 2.05) is 31.2 Å². The van der Waals surface area contributed by atoms with Crippen molar-refractivity contribution in [2.75, 3.05) is 5.32 Å². The topological polar surface area (TPSA) is 73.1 Å². The summed E-state index contributed by atoms with van der Waals surface area (Å²) < 4.78 is 3.10. The first-order chi connectivity index (χ1) is 12.9. The molecule has 0 saturated carbocycles. The zero-order valence-corrected chi connectivity index (χ0v) is 16.5. The van der Waals surface area contributed by atoms with Gasteiger partial charge in [0.2, 0.25) is 5.91 Å². The van der Waals surface area contributed by atoms with Gasteiger partial charge in [-0.15, -0.1) is 11.3 Å². The Morgan fingerprint density at radius 1 is 1.15 bits per heavy atom. The summed E-state index contributed by atoms with van der Waals surface area (Å²) in [5.41, 5.74) is 1.56. The van der Waals surface area contributed by atoms with Crippen molar-refractivity contribution in [2.45, 2.75) is 46.2 Å². The number of hydrogen-bond acceptors (Lipinski definition) is 4. The molecule has 2 heterocycles. The average Bonchev–Trinajstić information content (AvgIpc) is 3.12. The molecule has 6 nitrogen and oxygen atoms in total. The van der Waals surface area contributed by atoms with Crippen molar-refractivity contribution in [2.24, 2.45) is 0 Å². The number of fused-ring (bicyclic) bond motifs is 1. The Hall–Kier alpha value is -2.67. The average molecular weight is 385 g/mol. The van der Waals surface area contributed by atoms with Crippen LogP contribution >= 0.6 is 11.3 Å². The molecule has 3 aromatic rings. The van der Waals surface area contributed by atoms with Crippen molar-refractivity contribution in [1.29, 1.82) is 0 Å². The Kier molecular flexibility index (Phi) is 5.60. The van der Waals surface area contributed by atoms with Gasteiger partial charge in [-0.25, -0.2) is 4.79 Å². The highest BCUT2D eigenvalue weighted by Gasteiger charge is 2.17. The maximum atomic E-state index is 12.8. The summed E-state index contributed by atoms with van der Waals surface area (Å²) in [6, 6.07) is 9.35. The lowest BCUT2D eigenvalue weighted by Crippen LogP contribution is -2.41. The van der Waals surface area contributed by atoms with Crippen LogP contribution in [0.4, 0.5) is 5.69 Å². The third-order valence-electron chi connectivity index (χ3n) is 4.44. The highest BCUT2D eigenvalue weighted by atomic mass is 32.1. The Labute approximate surface area is 161 Å². The second-order valence-electron chi connectivity index (χ2n) is 6.75. The quantitative estimate of drug-likeness (QED) is 0.707. The fraction of sp³-hybridized carbons (Fsp3) is 0.350.